The van der Waals surface area contributed by atoms with Crippen LogP contribution in [0.15, 0.2) is 78.9 Å². The number of fused-ring (bicyclic) bond motifs is 1. The highest BCUT2D eigenvalue weighted by Crippen LogP contribution is 2.27. The van der Waals surface area contributed by atoms with E-state index in [4.69, 9.17) is 9.47 Å². The number of amides is 2. The van der Waals surface area contributed by atoms with E-state index in [0.29, 0.717) is 30.0 Å². The molecule has 4 aromatic rings. The molecule has 1 heterocycles. The zero-order chi connectivity index (χ0) is 25.3. The number of rotatable bonds is 11. The summed E-state index contributed by atoms with van der Waals surface area (Å²) in [6.07, 6.45) is 0. The van der Waals surface area contributed by atoms with Crippen molar-refractivity contribution in [1.82, 2.24) is 25.2 Å². The van der Waals surface area contributed by atoms with E-state index in [1.165, 1.54) is 0 Å². The van der Waals surface area contributed by atoms with E-state index >= 15 is 0 Å². The van der Waals surface area contributed by atoms with Gasteiger partial charge in [-0.25, -0.2) is 4.68 Å². The molecule has 9 nitrogen and oxygen atoms in total. The van der Waals surface area contributed by atoms with Crippen molar-refractivity contribution in [2.75, 3.05) is 27.4 Å². The molecular formula is C27H29N5O4. The molecule has 0 radical (unpaired) electrons. The third kappa shape index (κ3) is 5.87. The SMILES string of the molecule is COCCNC(=O)[C@H](c1cccc(OC)c1)N(Cc1ccccc1)C(=O)Cn1nnc2ccccc21. The molecular weight excluding hydrogens is 458 g/mol. The molecule has 0 unspecified atom stereocenters. The minimum absolute atomic E-state index is 0.0703. The molecule has 1 atom stereocenters. The summed E-state index contributed by atoms with van der Waals surface area (Å²) in [6, 6.07) is 23.3. The van der Waals surface area contributed by atoms with Crippen LogP contribution in [0.2, 0.25) is 0 Å². The Labute approximate surface area is 209 Å². The second kappa shape index (κ2) is 11.9. The molecule has 0 saturated heterocycles. The van der Waals surface area contributed by atoms with Crippen molar-refractivity contribution in [2.24, 2.45) is 0 Å². The quantitative estimate of drug-likeness (QED) is 0.327. The third-order valence-electron chi connectivity index (χ3n) is 5.80. The van der Waals surface area contributed by atoms with Crippen LogP contribution in [0.4, 0.5) is 0 Å². The zero-order valence-electron chi connectivity index (χ0n) is 20.3. The largest absolute Gasteiger partial charge is 0.497 e. The Morgan fingerprint density at radius 2 is 1.78 bits per heavy atom. The van der Waals surface area contributed by atoms with E-state index in [2.05, 4.69) is 15.6 Å². The number of carbonyl (C=O) groups excluding carboxylic acids is 2. The smallest absolute Gasteiger partial charge is 0.247 e. The van der Waals surface area contributed by atoms with E-state index < -0.39 is 6.04 Å². The summed E-state index contributed by atoms with van der Waals surface area (Å²) < 4.78 is 12.0. The number of methoxy groups -OCH3 is 2. The number of nitrogens with zero attached hydrogens (tertiary/aromatic N) is 4. The Hall–Kier alpha value is -4.24. The molecule has 0 saturated carbocycles. The zero-order valence-corrected chi connectivity index (χ0v) is 20.3. The average molecular weight is 488 g/mol. The van der Waals surface area contributed by atoms with Crippen molar-refractivity contribution in [2.45, 2.75) is 19.1 Å². The van der Waals surface area contributed by atoms with Crippen LogP contribution < -0.4 is 10.1 Å². The van der Waals surface area contributed by atoms with Crippen LogP contribution in [0.3, 0.4) is 0 Å². The van der Waals surface area contributed by atoms with E-state index in [9.17, 15) is 9.59 Å². The highest BCUT2D eigenvalue weighted by atomic mass is 16.5. The van der Waals surface area contributed by atoms with Gasteiger partial charge in [0.25, 0.3) is 0 Å². The summed E-state index contributed by atoms with van der Waals surface area (Å²) in [7, 11) is 3.13. The molecule has 1 N–H and O–H groups in total. The maximum Gasteiger partial charge on any atom is 0.247 e. The minimum atomic E-state index is -0.903. The van der Waals surface area contributed by atoms with E-state index in [-0.39, 0.29) is 24.9 Å². The first-order valence-corrected chi connectivity index (χ1v) is 11.6. The van der Waals surface area contributed by atoms with Crippen molar-refractivity contribution >= 4 is 22.8 Å². The lowest BCUT2D eigenvalue weighted by Gasteiger charge is -2.32. The molecule has 0 aliphatic heterocycles. The van der Waals surface area contributed by atoms with Gasteiger partial charge in [-0.3, -0.25) is 9.59 Å². The van der Waals surface area contributed by atoms with Gasteiger partial charge < -0.3 is 19.7 Å². The fourth-order valence-corrected chi connectivity index (χ4v) is 4.01. The molecule has 36 heavy (non-hydrogen) atoms. The number of para-hydroxylation sites is 1. The molecule has 2 amide bonds. The van der Waals surface area contributed by atoms with Gasteiger partial charge in [0.1, 0.15) is 23.9 Å². The molecule has 9 heteroatoms. The summed E-state index contributed by atoms with van der Waals surface area (Å²) in [5.74, 6) is 0.00817. The summed E-state index contributed by atoms with van der Waals surface area (Å²) in [5.41, 5.74) is 2.97. The van der Waals surface area contributed by atoms with Crippen LogP contribution in [-0.4, -0.2) is 59.1 Å². The van der Waals surface area contributed by atoms with Crippen LogP contribution in [0.1, 0.15) is 17.2 Å². The van der Waals surface area contributed by atoms with Gasteiger partial charge in [0, 0.05) is 20.2 Å². The first kappa shape index (κ1) is 24.9. The summed E-state index contributed by atoms with van der Waals surface area (Å²) in [5, 5.41) is 11.2. The van der Waals surface area contributed by atoms with Crippen molar-refractivity contribution < 1.29 is 19.1 Å². The molecule has 3 aromatic carbocycles. The first-order valence-electron chi connectivity index (χ1n) is 11.6. The van der Waals surface area contributed by atoms with Gasteiger partial charge in [-0.15, -0.1) is 5.10 Å². The van der Waals surface area contributed by atoms with E-state index in [1.54, 1.807) is 42.0 Å². The van der Waals surface area contributed by atoms with Gasteiger partial charge in [0.2, 0.25) is 11.8 Å². The Morgan fingerprint density at radius 1 is 1.00 bits per heavy atom. The maximum absolute atomic E-state index is 13.9. The molecule has 0 spiro atoms. The molecule has 0 aliphatic rings. The van der Waals surface area contributed by atoms with Crippen molar-refractivity contribution in [3.05, 3.63) is 90.0 Å². The number of nitrogens with one attached hydrogen (secondary N) is 1. The second-order valence-electron chi connectivity index (χ2n) is 8.21. The van der Waals surface area contributed by atoms with Crippen LogP contribution in [0.5, 0.6) is 5.75 Å². The Kier molecular flexibility index (Phi) is 8.25. The van der Waals surface area contributed by atoms with Gasteiger partial charge in [-0.2, -0.15) is 0 Å². The molecule has 0 fully saturated rings. The van der Waals surface area contributed by atoms with E-state index in [1.807, 2.05) is 60.7 Å². The van der Waals surface area contributed by atoms with Gasteiger partial charge >= 0.3 is 0 Å². The van der Waals surface area contributed by atoms with Gasteiger partial charge in [0.15, 0.2) is 0 Å². The molecule has 186 valence electrons. The fourth-order valence-electron chi connectivity index (χ4n) is 4.01. The predicted molar refractivity (Wildman–Crippen MR) is 135 cm³/mol. The third-order valence-corrected chi connectivity index (χ3v) is 5.80. The standard InChI is InChI=1S/C27H29N5O4/c1-35-16-15-28-27(34)26(21-11-8-12-22(17-21)36-2)31(18-20-9-4-3-5-10-20)25(33)19-32-24-14-7-6-13-23(24)29-30-32/h3-14,17,26H,15-16,18-19H2,1-2H3,(H,28,34)/t26-/m0/s1. The topological polar surface area (TPSA) is 98.6 Å². The molecule has 0 bridgehead atoms. The monoisotopic (exact) mass is 487 g/mol. The van der Waals surface area contributed by atoms with Gasteiger partial charge in [-0.05, 0) is 35.4 Å². The van der Waals surface area contributed by atoms with Gasteiger partial charge in [0.05, 0.1) is 19.2 Å². The van der Waals surface area contributed by atoms with Crippen LogP contribution in [0.25, 0.3) is 11.0 Å². The number of aromatic nitrogens is 3. The van der Waals surface area contributed by atoms with E-state index in [0.717, 1.165) is 11.1 Å². The molecule has 1 aromatic heterocycles. The Bertz CT molecular complexity index is 1310. The minimum Gasteiger partial charge on any atom is -0.497 e. The number of ether oxygens (including phenoxy) is 2. The lowest BCUT2D eigenvalue weighted by molar-refractivity contribution is -0.142. The van der Waals surface area contributed by atoms with Crippen molar-refractivity contribution in [1.29, 1.82) is 0 Å². The van der Waals surface area contributed by atoms with Crippen molar-refractivity contribution in [3.8, 4) is 5.75 Å². The fraction of sp³-hybridized carbons (Fsp3) is 0.259. The Morgan fingerprint density at radius 3 is 2.56 bits per heavy atom. The second-order valence-corrected chi connectivity index (χ2v) is 8.21. The normalized spacial score (nSPS) is 11.7. The van der Waals surface area contributed by atoms with Crippen molar-refractivity contribution in [3.63, 3.8) is 0 Å². The number of carbonyl (C=O) groups is 2. The van der Waals surface area contributed by atoms with Crippen LogP contribution in [0, 0.1) is 0 Å². The highest BCUT2D eigenvalue weighted by Gasteiger charge is 2.32. The predicted octanol–water partition coefficient (Wildman–Crippen LogP) is 2.97. The van der Waals surface area contributed by atoms with Crippen LogP contribution in [-0.2, 0) is 27.4 Å². The maximum atomic E-state index is 13.9. The lowest BCUT2D eigenvalue weighted by atomic mass is 10.0. The summed E-state index contributed by atoms with van der Waals surface area (Å²) >= 11 is 0. The Balaban J connectivity index is 1.73. The lowest BCUT2D eigenvalue weighted by Crippen LogP contribution is -2.45. The first-order chi connectivity index (χ1) is 17.6. The molecule has 0 aliphatic carbocycles. The summed E-state index contributed by atoms with van der Waals surface area (Å²) in [6.45, 7) is 0.829. The molecule has 4 rings (SSSR count). The number of hydrogen-bond acceptors (Lipinski definition) is 6. The average Bonchev–Trinajstić information content (AvgIpc) is 3.32. The highest BCUT2D eigenvalue weighted by molar-refractivity contribution is 5.89. The summed E-state index contributed by atoms with van der Waals surface area (Å²) in [4.78, 5) is 29.0. The number of hydrogen-bond donors (Lipinski definition) is 1. The van der Waals surface area contributed by atoms with Crippen LogP contribution >= 0.6 is 0 Å². The van der Waals surface area contributed by atoms with Gasteiger partial charge in [-0.1, -0.05) is 59.8 Å². The number of benzene rings is 3.